The number of pyridine rings is 1. The molecule has 21 heavy (non-hydrogen) atoms. The third-order valence-electron chi connectivity index (χ3n) is 3.25. The SMILES string of the molecule is O=C(O)c1cc(C(=O)c2ccc(Br)cc2)n2ccccc12. The van der Waals surface area contributed by atoms with Crippen molar-refractivity contribution in [3.63, 3.8) is 0 Å². The quantitative estimate of drug-likeness (QED) is 0.738. The lowest BCUT2D eigenvalue weighted by Crippen LogP contribution is -2.04. The van der Waals surface area contributed by atoms with Crippen LogP contribution < -0.4 is 0 Å². The van der Waals surface area contributed by atoms with E-state index < -0.39 is 5.97 Å². The molecule has 0 radical (unpaired) electrons. The largest absolute Gasteiger partial charge is 0.478 e. The van der Waals surface area contributed by atoms with Crippen molar-refractivity contribution in [3.8, 4) is 0 Å². The molecule has 0 fully saturated rings. The predicted molar refractivity (Wildman–Crippen MR) is 81.9 cm³/mol. The molecule has 0 aliphatic heterocycles. The van der Waals surface area contributed by atoms with Crippen molar-refractivity contribution in [1.29, 1.82) is 0 Å². The van der Waals surface area contributed by atoms with Crippen molar-refractivity contribution in [2.45, 2.75) is 0 Å². The molecule has 104 valence electrons. The average Bonchev–Trinajstić information content (AvgIpc) is 2.87. The molecule has 2 aromatic heterocycles. The molecule has 0 unspecified atom stereocenters. The number of halogens is 1. The third-order valence-corrected chi connectivity index (χ3v) is 3.77. The van der Waals surface area contributed by atoms with Crippen molar-refractivity contribution in [3.05, 3.63) is 76.0 Å². The summed E-state index contributed by atoms with van der Waals surface area (Å²) in [4.78, 5) is 23.9. The van der Waals surface area contributed by atoms with E-state index >= 15 is 0 Å². The van der Waals surface area contributed by atoms with Gasteiger partial charge in [-0.3, -0.25) is 4.79 Å². The molecule has 1 N–H and O–H groups in total. The maximum absolute atomic E-state index is 12.6. The summed E-state index contributed by atoms with van der Waals surface area (Å²) in [6.45, 7) is 0. The zero-order chi connectivity index (χ0) is 15.0. The van der Waals surface area contributed by atoms with Crippen molar-refractivity contribution in [2.75, 3.05) is 0 Å². The van der Waals surface area contributed by atoms with Gasteiger partial charge in [-0.15, -0.1) is 0 Å². The highest BCUT2D eigenvalue weighted by atomic mass is 79.9. The molecule has 0 saturated carbocycles. The molecule has 0 aliphatic rings. The topological polar surface area (TPSA) is 58.8 Å². The lowest BCUT2D eigenvalue weighted by atomic mass is 10.1. The van der Waals surface area contributed by atoms with Gasteiger partial charge in [-0.1, -0.05) is 22.0 Å². The van der Waals surface area contributed by atoms with Crippen LogP contribution in [0, 0.1) is 0 Å². The van der Waals surface area contributed by atoms with Gasteiger partial charge in [0, 0.05) is 16.2 Å². The molecule has 3 rings (SSSR count). The molecule has 0 atom stereocenters. The smallest absolute Gasteiger partial charge is 0.337 e. The van der Waals surface area contributed by atoms with Crippen molar-refractivity contribution in [1.82, 2.24) is 4.40 Å². The lowest BCUT2D eigenvalue weighted by Gasteiger charge is -2.02. The Balaban J connectivity index is 2.18. The second-order valence-electron chi connectivity index (χ2n) is 4.54. The summed E-state index contributed by atoms with van der Waals surface area (Å²) in [7, 11) is 0. The first-order valence-electron chi connectivity index (χ1n) is 6.21. The number of rotatable bonds is 3. The van der Waals surface area contributed by atoms with Gasteiger partial charge < -0.3 is 9.51 Å². The zero-order valence-electron chi connectivity index (χ0n) is 10.8. The van der Waals surface area contributed by atoms with Crippen molar-refractivity contribution in [2.24, 2.45) is 0 Å². The number of ketones is 1. The Kier molecular flexibility index (Phi) is 3.35. The number of hydrogen-bond acceptors (Lipinski definition) is 2. The number of hydrogen-bond donors (Lipinski definition) is 1. The van der Waals surface area contributed by atoms with Crippen LogP contribution >= 0.6 is 15.9 Å². The van der Waals surface area contributed by atoms with Gasteiger partial charge >= 0.3 is 5.97 Å². The van der Waals surface area contributed by atoms with Crippen LogP contribution in [0.2, 0.25) is 0 Å². The summed E-state index contributed by atoms with van der Waals surface area (Å²) in [5.74, 6) is -1.26. The van der Waals surface area contributed by atoms with E-state index in [9.17, 15) is 14.7 Å². The summed E-state index contributed by atoms with van der Waals surface area (Å²) < 4.78 is 2.48. The third kappa shape index (κ3) is 2.36. The minimum absolute atomic E-state index is 0.121. The Labute approximate surface area is 128 Å². The number of nitrogens with zero attached hydrogens (tertiary/aromatic N) is 1. The van der Waals surface area contributed by atoms with E-state index in [1.807, 2.05) is 0 Å². The van der Waals surface area contributed by atoms with Crippen molar-refractivity contribution < 1.29 is 14.7 Å². The second-order valence-corrected chi connectivity index (χ2v) is 5.46. The van der Waals surface area contributed by atoms with Crippen LogP contribution in [0.4, 0.5) is 0 Å². The van der Waals surface area contributed by atoms with Crippen LogP contribution in [0.5, 0.6) is 0 Å². The highest BCUT2D eigenvalue weighted by molar-refractivity contribution is 9.10. The summed E-state index contributed by atoms with van der Waals surface area (Å²) >= 11 is 3.32. The first-order chi connectivity index (χ1) is 10.1. The minimum atomic E-state index is -1.05. The van der Waals surface area contributed by atoms with Crippen LogP contribution in [0.3, 0.4) is 0 Å². The molecular formula is C16H10BrNO3. The summed E-state index contributed by atoms with van der Waals surface area (Å²) in [6.07, 6.45) is 1.69. The van der Waals surface area contributed by atoms with Gasteiger partial charge in [-0.25, -0.2) is 4.79 Å². The summed E-state index contributed by atoms with van der Waals surface area (Å²) in [5.41, 5.74) is 1.48. The Bertz CT molecular complexity index is 850. The number of benzene rings is 1. The molecule has 5 heteroatoms. The zero-order valence-corrected chi connectivity index (χ0v) is 12.4. The molecule has 0 amide bonds. The molecule has 2 heterocycles. The number of carbonyl (C=O) groups excluding carboxylic acids is 1. The van der Waals surface area contributed by atoms with Crippen LogP contribution in [0.25, 0.3) is 5.52 Å². The Morgan fingerprint density at radius 1 is 1.05 bits per heavy atom. The van der Waals surface area contributed by atoms with Crippen LogP contribution in [-0.2, 0) is 0 Å². The monoisotopic (exact) mass is 343 g/mol. The molecule has 0 bridgehead atoms. The highest BCUT2D eigenvalue weighted by Gasteiger charge is 2.19. The average molecular weight is 344 g/mol. The molecule has 3 aromatic rings. The second kappa shape index (κ2) is 5.18. The fourth-order valence-corrected chi connectivity index (χ4v) is 2.51. The van der Waals surface area contributed by atoms with Crippen molar-refractivity contribution >= 4 is 33.2 Å². The van der Waals surface area contributed by atoms with E-state index in [0.29, 0.717) is 16.8 Å². The molecule has 0 spiro atoms. The number of fused-ring (bicyclic) bond motifs is 1. The number of aromatic nitrogens is 1. The molecule has 1 aromatic carbocycles. The maximum atomic E-state index is 12.6. The molecular weight excluding hydrogens is 334 g/mol. The van der Waals surface area contributed by atoms with Gasteiger partial charge in [0.05, 0.1) is 16.8 Å². The lowest BCUT2D eigenvalue weighted by molar-refractivity contribution is 0.0699. The molecule has 0 aliphatic carbocycles. The molecule has 0 saturated heterocycles. The van der Waals surface area contributed by atoms with E-state index in [0.717, 1.165) is 4.47 Å². The van der Waals surface area contributed by atoms with Crippen LogP contribution in [0.15, 0.2) is 59.2 Å². The number of carboxylic acids is 1. The minimum Gasteiger partial charge on any atom is -0.478 e. The first kappa shape index (κ1) is 13.6. The van der Waals surface area contributed by atoms with E-state index in [1.54, 1.807) is 53.1 Å². The molecule has 4 nitrogen and oxygen atoms in total. The van der Waals surface area contributed by atoms with E-state index in [4.69, 9.17) is 0 Å². The van der Waals surface area contributed by atoms with E-state index in [-0.39, 0.29) is 11.3 Å². The van der Waals surface area contributed by atoms with Gasteiger partial charge in [0.15, 0.2) is 0 Å². The predicted octanol–water partition coefficient (Wildman–Crippen LogP) is 3.63. The first-order valence-corrected chi connectivity index (χ1v) is 7.01. The van der Waals surface area contributed by atoms with Gasteiger partial charge in [-0.05, 0) is 42.5 Å². The number of carbonyl (C=O) groups is 2. The number of aromatic carboxylic acids is 1. The van der Waals surface area contributed by atoms with E-state index in [1.165, 1.54) is 6.07 Å². The van der Waals surface area contributed by atoms with Crippen LogP contribution in [0.1, 0.15) is 26.4 Å². The van der Waals surface area contributed by atoms with Gasteiger partial charge in [0.25, 0.3) is 0 Å². The fraction of sp³-hybridized carbons (Fsp3) is 0. The van der Waals surface area contributed by atoms with Gasteiger partial charge in [0.2, 0.25) is 5.78 Å². The fourth-order valence-electron chi connectivity index (χ4n) is 2.25. The van der Waals surface area contributed by atoms with Gasteiger partial charge in [0.1, 0.15) is 0 Å². The Morgan fingerprint density at radius 3 is 2.43 bits per heavy atom. The van der Waals surface area contributed by atoms with Gasteiger partial charge in [-0.2, -0.15) is 0 Å². The Morgan fingerprint density at radius 2 is 1.76 bits per heavy atom. The summed E-state index contributed by atoms with van der Waals surface area (Å²) in [5, 5.41) is 9.25. The van der Waals surface area contributed by atoms with Crippen LogP contribution in [-0.4, -0.2) is 21.3 Å². The Hall–Kier alpha value is -2.40. The highest BCUT2D eigenvalue weighted by Crippen LogP contribution is 2.21. The maximum Gasteiger partial charge on any atom is 0.337 e. The standard InChI is InChI=1S/C16H10BrNO3/c17-11-6-4-10(5-7-11)15(19)14-9-12(16(20)21)13-3-1-2-8-18(13)14/h1-9H,(H,20,21). The normalized spacial score (nSPS) is 10.7. The summed E-state index contributed by atoms with van der Waals surface area (Å²) in [6, 6.07) is 13.6. The van der Waals surface area contributed by atoms with E-state index in [2.05, 4.69) is 15.9 Å². The number of carboxylic acid groups (broad SMARTS) is 1.